The molecule has 0 fully saturated rings. The van der Waals surface area contributed by atoms with Crippen LogP contribution in [0.25, 0.3) is 0 Å². The molecule has 3 nitrogen and oxygen atoms in total. The minimum absolute atomic E-state index is 0.106. The number of amidine groups is 1. The summed E-state index contributed by atoms with van der Waals surface area (Å²) < 4.78 is 13.7. The molecule has 0 radical (unpaired) electrons. The molecule has 104 valence electrons. The molecule has 2 aromatic carbocycles. The smallest absolute Gasteiger partial charge is 0.128 e. The zero-order chi connectivity index (χ0) is 14.7. The van der Waals surface area contributed by atoms with Crippen LogP contribution in [0.3, 0.4) is 0 Å². The fourth-order valence-corrected chi connectivity index (χ4v) is 2.34. The molecule has 0 saturated heterocycles. The van der Waals surface area contributed by atoms with Crippen LogP contribution in [-0.4, -0.2) is 12.9 Å². The first-order chi connectivity index (χ1) is 9.50. The van der Waals surface area contributed by atoms with Gasteiger partial charge in [-0.05, 0) is 18.2 Å². The monoisotopic (exact) mass is 291 g/mol. The molecule has 0 bridgehead atoms. The van der Waals surface area contributed by atoms with Crippen molar-refractivity contribution >= 4 is 23.1 Å². The SMILES string of the molecule is CN(Cc1ccccc1F)c1cccc(Cl)c1C(=N)N. The summed E-state index contributed by atoms with van der Waals surface area (Å²) in [5.41, 5.74) is 7.32. The lowest BCUT2D eigenvalue weighted by Gasteiger charge is -2.23. The molecule has 2 rings (SSSR count). The molecule has 0 aliphatic carbocycles. The number of hydrogen-bond donors (Lipinski definition) is 2. The first-order valence-corrected chi connectivity index (χ1v) is 6.46. The maximum atomic E-state index is 13.7. The van der Waals surface area contributed by atoms with Crippen LogP contribution in [0.4, 0.5) is 10.1 Å². The molecular weight excluding hydrogens is 277 g/mol. The van der Waals surface area contributed by atoms with Crippen molar-refractivity contribution in [3.8, 4) is 0 Å². The number of halogens is 2. The minimum atomic E-state index is -0.259. The summed E-state index contributed by atoms with van der Waals surface area (Å²) in [6, 6.07) is 11.9. The summed E-state index contributed by atoms with van der Waals surface area (Å²) in [5.74, 6) is -0.364. The van der Waals surface area contributed by atoms with Crippen LogP contribution < -0.4 is 10.6 Å². The highest BCUT2D eigenvalue weighted by Crippen LogP contribution is 2.27. The number of nitrogens with zero attached hydrogens (tertiary/aromatic N) is 1. The first-order valence-electron chi connectivity index (χ1n) is 6.08. The molecule has 2 aromatic rings. The second kappa shape index (κ2) is 5.92. The quantitative estimate of drug-likeness (QED) is 0.670. The van der Waals surface area contributed by atoms with E-state index < -0.39 is 0 Å². The van der Waals surface area contributed by atoms with E-state index in [9.17, 15) is 4.39 Å². The standard InChI is InChI=1S/C15H15ClFN3/c1-20(9-10-5-2-3-7-12(10)17)13-8-4-6-11(16)14(13)15(18)19/h2-8H,9H2,1H3,(H3,18,19). The third-order valence-corrected chi connectivity index (χ3v) is 3.35. The van der Waals surface area contributed by atoms with Crippen LogP contribution >= 0.6 is 11.6 Å². The number of nitrogen functional groups attached to an aromatic ring is 1. The second-order valence-electron chi connectivity index (χ2n) is 4.50. The van der Waals surface area contributed by atoms with Gasteiger partial charge in [0.05, 0.1) is 10.6 Å². The average Bonchev–Trinajstić information content (AvgIpc) is 2.40. The maximum absolute atomic E-state index is 13.7. The van der Waals surface area contributed by atoms with Crippen LogP contribution in [0, 0.1) is 11.2 Å². The fourth-order valence-electron chi connectivity index (χ4n) is 2.06. The molecule has 0 atom stereocenters. The summed E-state index contributed by atoms with van der Waals surface area (Å²) >= 11 is 6.08. The molecule has 0 aromatic heterocycles. The van der Waals surface area contributed by atoms with E-state index in [1.807, 2.05) is 18.0 Å². The van der Waals surface area contributed by atoms with Gasteiger partial charge in [-0.1, -0.05) is 35.9 Å². The van der Waals surface area contributed by atoms with Crippen molar-refractivity contribution in [1.82, 2.24) is 0 Å². The highest BCUT2D eigenvalue weighted by Gasteiger charge is 2.14. The first kappa shape index (κ1) is 14.3. The van der Waals surface area contributed by atoms with Gasteiger partial charge in [-0.25, -0.2) is 4.39 Å². The third kappa shape index (κ3) is 2.91. The number of nitrogens with one attached hydrogen (secondary N) is 1. The van der Waals surface area contributed by atoms with Crippen LogP contribution in [0.2, 0.25) is 5.02 Å². The van der Waals surface area contributed by atoms with E-state index in [1.165, 1.54) is 6.07 Å². The molecule has 0 amide bonds. The maximum Gasteiger partial charge on any atom is 0.128 e. The molecule has 5 heteroatoms. The number of benzene rings is 2. The van der Waals surface area contributed by atoms with Crippen molar-refractivity contribution in [2.24, 2.45) is 5.73 Å². The number of rotatable bonds is 4. The van der Waals surface area contributed by atoms with Gasteiger partial charge >= 0.3 is 0 Å². The molecule has 0 aliphatic rings. The Kier molecular flexibility index (Phi) is 4.25. The third-order valence-electron chi connectivity index (χ3n) is 3.04. The van der Waals surface area contributed by atoms with Crippen molar-refractivity contribution in [1.29, 1.82) is 5.41 Å². The molecule has 0 spiro atoms. The Balaban J connectivity index is 2.35. The van der Waals surface area contributed by atoms with Gasteiger partial charge in [-0.15, -0.1) is 0 Å². The Bertz CT molecular complexity index is 643. The van der Waals surface area contributed by atoms with Crippen LogP contribution in [0.5, 0.6) is 0 Å². The lowest BCUT2D eigenvalue weighted by atomic mass is 10.1. The highest BCUT2D eigenvalue weighted by molar-refractivity contribution is 6.34. The lowest BCUT2D eigenvalue weighted by Crippen LogP contribution is -2.22. The van der Waals surface area contributed by atoms with Crippen molar-refractivity contribution in [3.63, 3.8) is 0 Å². The van der Waals surface area contributed by atoms with Gasteiger partial charge in [0, 0.05) is 24.8 Å². The van der Waals surface area contributed by atoms with Crippen molar-refractivity contribution in [2.75, 3.05) is 11.9 Å². The van der Waals surface area contributed by atoms with Crippen molar-refractivity contribution in [3.05, 3.63) is 64.4 Å². The van der Waals surface area contributed by atoms with E-state index in [2.05, 4.69) is 0 Å². The van der Waals surface area contributed by atoms with Crippen LogP contribution in [0.15, 0.2) is 42.5 Å². The van der Waals surface area contributed by atoms with Gasteiger partial charge in [-0.3, -0.25) is 5.41 Å². The van der Waals surface area contributed by atoms with Gasteiger partial charge < -0.3 is 10.6 Å². The zero-order valence-corrected chi connectivity index (χ0v) is 11.8. The predicted molar refractivity (Wildman–Crippen MR) is 81.0 cm³/mol. The summed E-state index contributed by atoms with van der Waals surface area (Å²) in [5, 5.41) is 8.04. The van der Waals surface area contributed by atoms with E-state index in [-0.39, 0.29) is 11.7 Å². The summed E-state index contributed by atoms with van der Waals surface area (Å²) in [6.45, 7) is 0.368. The second-order valence-corrected chi connectivity index (χ2v) is 4.90. The number of hydrogen-bond acceptors (Lipinski definition) is 2. The Hall–Kier alpha value is -2.07. The number of nitrogens with two attached hydrogens (primary N) is 1. The van der Waals surface area contributed by atoms with Gasteiger partial charge in [0.15, 0.2) is 0 Å². The van der Waals surface area contributed by atoms with Gasteiger partial charge in [0.1, 0.15) is 11.7 Å². The van der Waals surface area contributed by atoms with Crippen LogP contribution in [0.1, 0.15) is 11.1 Å². The Morgan fingerprint density at radius 3 is 2.60 bits per heavy atom. The van der Waals surface area contributed by atoms with Crippen LogP contribution in [-0.2, 0) is 6.54 Å². The molecule has 20 heavy (non-hydrogen) atoms. The Morgan fingerprint density at radius 2 is 1.95 bits per heavy atom. The van der Waals surface area contributed by atoms with E-state index >= 15 is 0 Å². The fraction of sp³-hybridized carbons (Fsp3) is 0.133. The Morgan fingerprint density at radius 1 is 1.25 bits per heavy atom. The summed E-state index contributed by atoms with van der Waals surface area (Å²) in [6.07, 6.45) is 0. The molecule has 0 heterocycles. The van der Waals surface area contributed by atoms with Gasteiger partial charge in [0.2, 0.25) is 0 Å². The summed E-state index contributed by atoms with van der Waals surface area (Å²) in [7, 11) is 1.81. The Labute approximate surface area is 122 Å². The normalized spacial score (nSPS) is 10.3. The topological polar surface area (TPSA) is 53.1 Å². The molecule has 0 unspecified atom stereocenters. The lowest BCUT2D eigenvalue weighted by molar-refractivity contribution is 0.608. The van der Waals surface area contributed by atoms with E-state index in [0.717, 1.165) is 0 Å². The van der Waals surface area contributed by atoms with Gasteiger partial charge in [-0.2, -0.15) is 0 Å². The molecule has 0 aliphatic heterocycles. The predicted octanol–water partition coefficient (Wildman–Crippen LogP) is 3.40. The largest absolute Gasteiger partial charge is 0.384 e. The highest BCUT2D eigenvalue weighted by atomic mass is 35.5. The molecule has 0 saturated carbocycles. The van der Waals surface area contributed by atoms with Crippen molar-refractivity contribution in [2.45, 2.75) is 6.54 Å². The molecular formula is C15H15ClFN3. The average molecular weight is 292 g/mol. The zero-order valence-electron chi connectivity index (χ0n) is 11.0. The van der Waals surface area contributed by atoms with Gasteiger partial charge in [0.25, 0.3) is 0 Å². The minimum Gasteiger partial charge on any atom is -0.384 e. The van der Waals surface area contributed by atoms with E-state index in [4.69, 9.17) is 22.7 Å². The van der Waals surface area contributed by atoms with E-state index in [1.54, 1.807) is 30.3 Å². The van der Waals surface area contributed by atoms with Crippen molar-refractivity contribution < 1.29 is 4.39 Å². The van der Waals surface area contributed by atoms with E-state index in [0.29, 0.717) is 28.4 Å². The molecule has 3 N–H and O–H groups in total. The number of anilines is 1. The summed E-state index contributed by atoms with van der Waals surface area (Å²) in [4.78, 5) is 1.82.